The summed E-state index contributed by atoms with van der Waals surface area (Å²) in [5.41, 5.74) is 4.90. The van der Waals surface area contributed by atoms with Crippen LogP contribution in [0.25, 0.3) is 16.8 Å². The van der Waals surface area contributed by atoms with Crippen molar-refractivity contribution in [2.45, 2.75) is 57.3 Å². The molecule has 0 radical (unpaired) electrons. The van der Waals surface area contributed by atoms with Crippen LogP contribution in [0.1, 0.15) is 56.2 Å². The third kappa shape index (κ3) is 6.28. The fourth-order valence-corrected chi connectivity index (χ4v) is 5.57. The molecule has 0 saturated carbocycles. The van der Waals surface area contributed by atoms with Crippen molar-refractivity contribution in [3.05, 3.63) is 100 Å². The van der Waals surface area contributed by atoms with Gasteiger partial charge in [-0.25, -0.2) is 9.67 Å². The summed E-state index contributed by atoms with van der Waals surface area (Å²) in [6, 6.07) is 17.7. The summed E-state index contributed by atoms with van der Waals surface area (Å²) in [7, 11) is 0. The van der Waals surface area contributed by atoms with Crippen LogP contribution >= 0.6 is 11.6 Å². The number of hydrogen-bond acceptors (Lipinski definition) is 5. The van der Waals surface area contributed by atoms with Gasteiger partial charge in [0.1, 0.15) is 16.4 Å². The summed E-state index contributed by atoms with van der Waals surface area (Å²) in [4.78, 5) is 16.9. The normalized spacial score (nSPS) is 18.7. The predicted molar refractivity (Wildman–Crippen MR) is 159 cm³/mol. The molecule has 1 aromatic heterocycles. The second-order valence-electron chi connectivity index (χ2n) is 11.5. The van der Waals surface area contributed by atoms with Crippen molar-refractivity contribution in [2.75, 3.05) is 0 Å². The van der Waals surface area contributed by atoms with Gasteiger partial charge in [0, 0.05) is 18.6 Å². The van der Waals surface area contributed by atoms with Crippen molar-refractivity contribution < 1.29 is 40.6 Å². The third-order valence-electron chi connectivity index (χ3n) is 7.87. The molecule has 0 aliphatic carbocycles. The van der Waals surface area contributed by atoms with Crippen molar-refractivity contribution in [1.29, 1.82) is 0 Å². The van der Waals surface area contributed by atoms with Crippen LogP contribution in [0, 0.1) is 0 Å². The Morgan fingerprint density at radius 2 is 1.63 bits per heavy atom. The maximum Gasteiger partial charge on any atom is 0.573 e. The smallest absolute Gasteiger partial charge is 0.470 e. The van der Waals surface area contributed by atoms with Crippen LogP contribution < -0.4 is 10.5 Å². The van der Waals surface area contributed by atoms with Gasteiger partial charge in [-0.05, 0) is 67.3 Å². The Bertz CT molecular complexity index is 1830. The van der Waals surface area contributed by atoms with E-state index in [9.17, 15) is 31.1 Å². The number of nitrogens with two attached hydrogens (primary N) is 1. The lowest BCUT2D eigenvalue weighted by Crippen LogP contribution is -2.35. The van der Waals surface area contributed by atoms with E-state index in [0.29, 0.717) is 33.9 Å². The Morgan fingerprint density at radius 3 is 2.22 bits per heavy atom. The van der Waals surface area contributed by atoms with Gasteiger partial charge in [-0.3, -0.25) is 4.79 Å². The van der Waals surface area contributed by atoms with E-state index in [4.69, 9.17) is 27.1 Å². The number of benzene rings is 3. The topological polar surface area (TPSA) is 91.7 Å². The lowest BCUT2D eigenvalue weighted by molar-refractivity contribution is -0.274. The quantitative estimate of drug-likeness (QED) is 0.201. The first-order valence-electron chi connectivity index (χ1n) is 13.8. The molecule has 4 aromatic rings. The van der Waals surface area contributed by atoms with Gasteiger partial charge in [0.2, 0.25) is 5.91 Å². The number of primary amides is 1. The molecule has 2 unspecified atom stereocenters. The number of amides is 1. The Hall–Kier alpha value is -4.52. The molecule has 2 N–H and O–H groups in total. The Morgan fingerprint density at radius 1 is 0.978 bits per heavy atom. The van der Waals surface area contributed by atoms with Crippen LogP contribution in [0.4, 0.5) is 26.3 Å². The van der Waals surface area contributed by atoms with Crippen molar-refractivity contribution >= 4 is 23.4 Å². The number of nitrogens with zero attached hydrogens (tertiary/aromatic N) is 3. The van der Waals surface area contributed by atoms with Gasteiger partial charge in [-0.2, -0.15) is 18.3 Å². The average molecular weight is 665 g/mol. The second-order valence-corrected chi connectivity index (χ2v) is 11.8. The first-order valence-corrected chi connectivity index (χ1v) is 14.1. The SMILES string of the molecule is CC1=NC(C)(c2cc(-c3cccc(C(C)(C)C(N)=O)c3)ccc2-n2nc(C(F)(F)F)cc2Cl)C(c2ccc(OC(F)(F)F)cc2)O1. The monoisotopic (exact) mass is 664 g/mol. The zero-order valence-corrected chi connectivity index (χ0v) is 25.6. The number of aliphatic imine (C=N–C) groups is 1. The molecule has 0 saturated heterocycles. The van der Waals surface area contributed by atoms with Gasteiger partial charge >= 0.3 is 12.5 Å². The van der Waals surface area contributed by atoms with E-state index in [-0.39, 0.29) is 16.7 Å². The number of alkyl halides is 6. The predicted octanol–water partition coefficient (Wildman–Crippen LogP) is 8.28. The Balaban J connectivity index is 1.70. The van der Waals surface area contributed by atoms with Crippen molar-refractivity contribution in [3.8, 4) is 22.6 Å². The third-order valence-corrected chi connectivity index (χ3v) is 8.13. The minimum absolute atomic E-state index is 0.157. The van der Waals surface area contributed by atoms with Gasteiger partial charge in [0.15, 0.2) is 17.7 Å². The maximum absolute atomic E-state index is 13.6. The second kappa shape index (κ2) is 11.4. The van der Waals surface area contributed by atoms with Crippen molar-refractivity contribution in [2.24, 2.45) is 10.7 Å². The zero-order chi connectivity index (χ0) is 33.8. The largest absolute Gasteiger partial charge is 0.573 e. The number of aromatic nitrogens is 2. The van der Waals surface area contributed by atoms with Crippen molar-refractivity contribution in [3.63, 3.8) is 0 Å². The van der Waals surface area contributed by atoms with Crippen LogP contribution in [0.5, 0.6) is 5.75 Å². The number of ether oxygens (including phenoxy) is 2. The number of hydrogen-bond donors (Lipinski definition) is 1. The number of carbonyl (C=O) groups is 1. The minimum Gasteiger partial charge on any atom is -0.470 e. The van der Waals surface area contributed by atoms with Crippen LogP contribution in [0.3, 0.4) is 0 Å². The van der Waals surface area contributed by atoms with Gasteiger partial charge < -0.3 is 15.2 Å². The molecule has 3 aromatic carbocycles. The lowest BCUT2D eigenvalue weighted by Gasteiger charge is -2.31. The highest BCUT2D eigenvalue weighted by Crippen LogP contribution is 2.49. The van der Waals surface area contributed by atoms with E-state index in [2.05, 4.69) is 9.84 Å². The summed E-state index contributed by atoms with van der Waals surface area (Å²) >= 11 is 6.30. The van der Waals surface area contributed by atoms with Crippen LogP contribution in [0.2, 0.25) is 5.15 Å². The van der Waals surface area contributed by atoms with Gasteiger partial charge in [-0.15, -0.1) is 13.2 Å². The van der Waals surface area contributed by atoms with Gasteiger partial charge in [0.05, 0.1) is 11.1 Å². The van der Waals surface area contributed by atoms with Crippen LogP contribution in [-0.4, -0.2) is 27.9 Å². The molecule has 7 nitrogen and oxygen atoms in total. The van der Waals surface area contributed by atoms with Gasteiger partial charge in [0.25, 0.3) is 0 Å². The first-order chi connectivity index (χ1) is 21.3. The van der Waals surface area contributed by atoms with Crippen LogP contribution in [-0.2, 0) is 26.7 Å². The molecule has 2 atom stereocenters. The van der Waals surface area contributed by atoms with Crippen molar-refractivity contribution in [1.82, 2.24) is 9.78 Å². The zero-order valence-electron chi connectivity index (χ0n) is 24.8. The molecule has 0 bridgehead atoms. The maximum atomic E-state index is 13.6. The number of rotatable bonds is 7. The van der Waals surface area contributed by atoms with E-state index < -0.39 is 46.9 Å². The average Bonchev–Trinajstić information content (AvgIpc) is 3.51. The summed E-state index contributed by atoms with van der Waals surface area (Å²) < 4.78 is 90.2. The lowest BCUT2D eigenvalue weighted by atomic mass is 9.80. The molecule has 14 heteroatoms. The summed E-state index contributed by atoms with van der Waals surface area (Å²) in [6.45, 7) is 6.64. The summed E-state index contributed by atoms with van der Waals surface area (Å²) in [5, 5.41) is 3.42. The molecular formula is C32H27ClF6N4O3. The Labute approximate surface area is 264 Å². The van der Waals surface area contributed by atoms with E-state index in [1.54, 1.807) is 70.2 Å². The highest BCUT2D eigenvalue weighted by Gasteiger charge is 2.46. The summed E-state index contributed by atoms with van der Waals surface area (Å²) in [5.74, 6) is -0.755. The minimum atomic E-state index is -4.89. The molecule has 242 valence electrons. The Kier molecular flexibility index (Phi) is 8.13. The molecule has 46 heavy (non-hydrogen) atoms. The first kappa shape index (κ1) is 32.9. The van der Waals surface area contributed by atoms with Crippen LogP contribution in [0.15, 0.2) is 77.8 Å². The fourth-order valence-electron chi connectivity index (χ4n) is 5.34. The number of carbonyl (C=O) groups excluding carboxylic acids is 1. The highest BCUT2D eigenvalue weighted by molar-refractivity contribution is 6.29. The van der Waals surface area contributed by atoms with E-state index in [0.717, 1.165) is 16.8 Å². The molecular weight excluding hydrogens is 638 g/mol. The molecule has 1 aliphatic rings. The highest BCUT2D eigenvalue weighted by atomic mass is 35.5. The van der Waals surface area contributed by atoms with E-state index in [1.807, 2.05) is 0 Å². The fraction of sp³-hybridized carbons (Fsp3) is 0.281. The number of halogens is 7. The van der Waals surface area contributed by atoms with Gasteiger partial charge in [-0.1, -0.05) is 54.1 Å². The molecule has 1 aliphatic heterocycles. The van der Waals surface area contributed by atoms with E-state index in [1.165, 1.54) is 12.1 Å². The molecule has 0 spiro atoms. The summed E-state index contributed by atoms with van der Waals surface area (Å²) in [6.07, 6.45) is -10.6. The van der Waals surface area contributed by atoms with E-state index >= 15 is 0 Å². The standard InChI is InChI=1S/C32H27ClF6N4O3/c1-17-41-30(4,27(45-17)18-8-11-22(12-9-18)46-32(37,38)39)23-15-20(19-6-5-7-21(14-19)29(2,3)28(40)44)10-13-24(23)43-26(33)16-25(42-43)31(34,35)36/h5-16,27H,1-4H3,(H2,40,44). The molecule has 0 fully saturated rings. The molecule has 1 amide bonds. The molecule has 5 rings (SSSR count). The molecule has 2 heterocycles.